The summed E-state index contributed by atoms with van der Waals surface area (Å²) in [5, 5.41) is 0.983. The summed E-state index contributed by atoms with van der Waals surface area (Å²) in [6.45, 7) is 2.13. The predicted molar refractivity (Wildman–Crippen MR) is 66.3 cm³/mol. The maximum Gasteiger partial charge on any atom is 0.0895 e. The van der Waals surface area contributed by atoms with Crippen LogP contribution in [0.4, 0.5) is 5.00 Å². The molecule has 15 heavy (non-hydrogen) atoms. The molecule has 1 aromatic carbocycles. The molecule has 1 aliphatic rings. The van der Waals surface area contributed by atoms with Gasteiger partial charge in [-0.05, 0) is 36.5 Å². The number of thiophene rings is 1. The van der Waals surface area contributed by atoms with E-state index in [1.54, 1.807) is 11.3 Å². The van der Waals surface area contributed by atoms with Crippen molar-refractivity contribution in [3.05, 3.63) is 40.3 Å². The Balaban J connectivity index is 2.33. The predicted octanol–water partition coefficient (Wildman–Crippen LogP) is 3.40. The minimum atomic E-state index is 0.983. The molecule has 1 aliphatic carbocycles. The zero-order chi connectivity index (χ0) is 10.4. The van der Waals surface area contributed by atoms with E-state index in [1.807, 2.05) is 0 Å². The Kier molecular flexibility index (Phi) is 1.86. The summed E-state index contributed by atoms with van der Waals surface area (Å²) >= 11 is 1.76. The van der Waals surface area contributed by atoms with Crippen molar-refractivity contribution in [3.63, 3.8) is 0 Å². The van der Waals surface area contributed by atoms with Gasteiger partial charge in [0, 0.05) is 10.4 Å². The van der Waals surface area contributed by atoms with Crippen LogP contribution in [0.2, 0.25) is 0 Å². The highest BCUT2D eigenvalue weighted by atomic mass is 32.1. The molecule has 0 spiro atoms. The fourth-order valence-electron chi connectivity index (χ4n) is 2.35. The standard InChI is InChI=1S/C13H13NS/c1-8-12-10-5-3-2-4-9(10)6-7-11(12)15-13(8)14/h2-5H,6-7,14H2,1H3. The maximum absolute atomic E-state index is 6.00. The average molecular weight is 215 g/mol. The lowest BCUT2D eigenvalue weighted by Crippen LogP contribution is -2.01. The molecule has 3 rings (SSSR count). The summed E-state index contributed by atoms with van der Waals surface area (Å²) < 4.78 is 0. The Labute approximate surface area is 93.6 Å². The van der Waals surface area contributed by atoms with E-state index in [-0.39, 0.29) is 0 Å². The first kappa shape index (κ1) is 8.98. The van der Waals surface area contributed by atoms with Crippen LogP contribution in [0.5, 0.6) is 0 Å². The number of hydrogen-bond acceptors (Lipinski definition) is 2. The van der Waals surface area contributed by atoms with Gasteiger partial charge < -0.3 is 5.73 Å². The number of benzene rings is 1. The second kappa shape index (κ2) is 3.11. The summed E-state index contributed by atoms with van der Waals surface area (Å²) in [4.78, 5) is 1.46. The first-order valence-corrected chi connectivity index (χ1v) is 6.05. The second-order valence-corrected chi connectivity index (χ2v) is 5.18. The Morgan fingerprint density at radius 2 is 2.00 bits per heavy atom. The lowest BCUT2D eigenvalue weighted by Gasteiger charge is -2.16. The molecule has 2 aromatic rings. The summed E-state index contributed by atoms with van der Waals surface area (Å²) in [6.07, 6.45) is 2.30. The average Bonchev–Trinajstić information content (AvgIpc) is 2.55. The Bertz CT molecular complexity index is 525. The number of nitrogens with two attached hydrogens (primary N) is 1. The van der Waals surface area contributed by atoms with Crippen LogP contribution in [0, 0.1) is 6.92 Å². The van der Waals surface area contributed by atoms with Crippen molar-refractivity contribution in [1.82, 2.24) is 0 Å². The molecule has 1 nitrogen and oxygen atoms in total. The molecule has 0 saturated heterocycles. The van der Waals surface area contributed by atoms with E-state index < -0.39 is 0 Å². The SMILES string of the molecule is Cc1c(N)sc2c1-c1ccccc1CC2. The van der Waals surface area contributed by atoms with Gasteiger partial charge in [0.15, 0.2) is 0 Å². The Morgan fingerprint density at radius 1 is 1.20 bits per heavy atom. The summed E-state index contributed by atoms with van der Waals surface area (Å²) in [7, 11) is 0. The minimum Gasteiger partial charge on any atom is -0.390 e. The zero-order valence-corrected chi connectivity index (χ0v) is 9.53. The molecular formula is C13H13NS. The molecule has 76 valence electrons. The lowest BCUT2D eigenvalue weighted by molar-refractivity contribution is 0.962. The monoisotopic (exact) mass is 215 g/mol. The zero-order valence-electron chi connectivity index (χ0n) is 8.71. The van der Waals surface area contributed by atoms with Crippen LogP contribution in [0.1, 0.15) is 16.0 Å². The second-order valence-electron chi connectivity index (χ2n) is 4.05. The van der Waals surface area contributed by atoms with Crippen molar-refractivity contribution >= 4 is 16.3 Å². The van der Waals surface area contributed by atoms with Gasteiger partial charge in [-0.2, -0.15) is 0 Å². The third-order valence-corrected chi connectivity index (χ3v) is 4.35. The largest absolute Gasteiger partial charge is 0.390 e. The van der Waals surface area contributed by atoms with Crippen molar-refractivity contribution in [2.75, 3.05) is 5.73 Å². The van der Waals surface area contributed by atoms with Gasteiger partial charge >= 0.3 is 0 Å². The van der Waals surface area contributed by atoms with E-state index in [0.717, 1.165) is 17.8 Å². The highest BCUT2D eigenvalue weighted by Gasteiger charge is 2.20. The molecule has 0 fully saturated rings. The Morgan fingerprint density at radius 3 is 2.87 bits per heavy atom. The highest BCUT2D eigenvalue weighted by molar-refractivity contribution is 7.16. The van der Waals surface area contributed by atoms with Crippen molar-refractivity contribution in [2.24, 2.45) is 0 Å². The van der Waals surface area contributed by atoms with Gasteiger partial charge in [-0.25, -0.2) is 0 Å². The fourth-order valence-corrected chi connectivity index (χ4v) is 3.44. The number of anilines is 1. The van der Waals surface area contributed by atoms with Gasteiger partial charge in [-0.3, -0.25) is 0 Å². The van der Waals surface area contributed by atoms with Gasteiger partial charge in [0.05, 0.1) is 5.00 Å². The van der Waals surface area contributed by atoms with Crippen LogP contribution in [-0.2, 0) is 12.8 Å². The number of nitrogen functional groups attached to an aromatic ring is 1. The van der Waals surface area contributed by atoms with Crippen molar-refractivity contribution < 1.29 is 0 Å². The summed E-state index contributed by atoms with van der Waals surface area (Å²) in [5.41, 5.74) is 11.5. The van der Waals surface area contributed by atoms with Crippen LogP contribution < -0.4 is 5.73 Å². The van der Waals surface area contributed by atoms with Crippen molar-refractivity contribution in [1.29, 1.82) is 0 Å². The van der Waals surface area contributed by atoms with Crippen molar-refractivity contribution in [2.45, 2.75) is 19.8 Å². The first-order valence-electron chi connectivity index (χ1n) is 5.23. The molecule has 0 amide bonds. The molecular weight excluding hydrogens is 202 g/mol. The van der Waals surface area contributed by atoms with E-state index >= 15 is 0 Å². The molecule has 0 atom stereocenters. The molecule has 0 aliphatic heterocycles. The maximum atomic E-state index is 6.00. The molecule has 0 bridgehead atoms. The number of aryl methyl sites for hydroxylation is 2. The topological polar surface area (TPSA) is 26.0 Å². The smallest absolute Gasteiger partial charge is 0.0895 e. The van der Waals surface area contributed by atoms with Crippen molar-refractivity contribution in [3.8, 4) is 11.1 Å². The highest BCUT2D eigenvalue weighted by Crippen LogP contribution is 2.43. The van der Waals surface area contributed by atoms with Gasteiger partial charge in [0.1, 0.15) is 0 Å². The van der Waals surface area contributed by atoms with E-state index in [1.165, 1.54) is 27.1 Å². The first-order chi connectivity index (χ1) is 7.27. The molecule has 1 aromatic heterocycles. The molecule has 0 unspecified atom stereocenters. The number of fused-ring (bicyclic) bond motifs is 3. The van der Waals surface area contributed by atoms with E-state index in [9.17, 15) is 0 Å². The van der Waals surface area contributed by atoms with Crippen LogP contribution in [-0.4, -0.2) is 0 Å². The quantitative estimate of drug-likeness (QED) is 0.716. The third kappa shape index (κ3) is 1.21. The molecule has 2 N–H and O–H groups in total. The Hall–Kier alpha value is -1.28. The van der Waals surface area contributed by atoms with Gasteiger partial charge in [0.2, 0.25) is 0 Å². The third-order valence-electron chi connectivity index (χ3n) is 3.16. The van der Waals surface area contributed by atoms with Crippen LogP contribution >= 0.6 is 11.3 Å². The molecule has 0 saturated carbocycles. The minimum absolute atomic E-state index is 0.983. The number of hydrogen-bond donors (Lipinski definition) is 1. The van der Waals surface area contributed by atoms with Crippen LogP contribution in [0.25, 0.3) is 11.1 Å². The van der Waals surface area contributed by atoms with Crippen LogP contribution in [0.3, 0.4) is 0 Å². The molecule has 0 radical (unpaired) electrons. The normalized spacial score (nSPS) is 13.4. The van der Waals surface area contributed by atoms with E-state index in [4.69, 9.17) is 5.73 Å². The van der Waals surface area contributed by atoms with E-state index in [2.05, 4.69) is 31.2 Å². The van der Waals surface area contributed by atoms with Crippen LogP contribution in [0.15, 0.2) is 24.3 Å². The number of rotatable bonds is 0. The fraction of sp³-hybridized carbons (Fsp3) is 0.231. The van der Waals surface area contributed by atoms with Gasteiger partial charge in [-0.15, -0.1) is 11.3 Å². The molecule has 1 heterocycles. The van der Waals surface area contributed by atoms with Gasteiger partial charge in [-0.1, -0.05) is 24.3 Å². The van der Waals surface area contributed by atoms with Gasteiger partial charge in [0.25, 0.3) is 0 Å². The van der Waals surface area contributed by atoms with E-state index in [0.29, 0.717) is 0 Å². The lowest BCUT2D eigenvalue weighted by atomic mass is 9.89. The summed E-state index contributed by atoms with van der Waals surface area (Å²) in [6, 6.07) is 8.67. The molecule has 2 heteroatoms. The summed E-state index contributed by atoms with van der Waals surface area (Å²) in [5.74, 6) is 0.